The lowest BCUT2D eigenvalue weighted by Crippen LogP contribution is -1.97. The van der Waals surface area contributed by atoms with Crippen LogP contribution in [0.15, 0.2) is 12.8 Å². The van der Waals surface area contributed by atoms with Gasteiger partial charge < -0.3 is 0 Å². The normalized spacial score (nSPS) is 6.00. The first-order chi connectivity index (χ1) is 2.81. The lowest BCUT2D eigenvalue weighted by molar-refractivity contribution is 0.651. The van der Waals surface area contributed by atoms with E-state index in [1.165, 1.54) is 11.1 Å². The second-order valence-corrected chi connectivity index (χ2v) is 0.893. The lowest BCUT2D eigenvalue weighted by atomic mass is 10.8. The van der Waals surface area contributed by atoms with Crippen molar-refractivity contribution in [3.63, 3.8) is 0 Å². The summed E-state index contributed by atoms with van der Waals surface area (Å²) < 4.78 is 0. The van der Waals surface area contributed by atoms with E-state index in [1.54, 1.807) is 7.05 Å². The van der Waals surface area contributed by atoms with E-state index >= 15 is 0 Å². The molecule has 0 spiro atoms. The van der Waals surface area contributed by atoms with Crippen LogP contribution in [0.4, 0.5) is 0 Å². The van der Waals surface area contributed by atoms with Crippen molar-refractivity contribution in [2.24, 2.45) is 0 Å². The van der Waals surface area contributed by atoms with Gasteiger partial charge in [-0.15, -0.1) is 0 Å². The van der Waals surface area contributed by atoms with E-state index in [4.69, 9.17) is 5.26 Å². The molecule has 0 saturated carbocycles. The third-order valence-corrected chi connectivity index (χ3v) is 0.432. The first kappa shape index (κ1) is 5.03. The van der Waals surface area contributed by atoms with Gasteiger partial charge in [0.05, 0.1) is 0 Å². The Kier molecular flexibility index (Phi) is 1.91. The van der Waals surface area contributed by atoms with Gasteiger partial charge in [0.25, 0.3) is 0 Å². The maximum absolute atomic E-state index is 7.94. The fourth-order valence-corrected chi connectivity index (χ4v) is 0.0408. The van der Waals surface area contributed by atoms with Crippen molar-refractivity contribution >= 4 is 0 Å². The van der Waals surface area contributed by atoms with E-state index in [0.717, 1.165) is 0 Å². The Morgan fingerprint density at radius 3 is 2.50 bits per heavy atom. The highest BCUT2D eigenvalue weighted by Crippen LogP contribution is 1.70. The Hall–Kier alpha value is -0.970. The highest BCUT2D eigenvalue weighted by molar-refractivity contribution is 4.78. The van der Waals surface area contributed by atoms with E-state index in [2.05, 4.69) is 6.58 Å². The molecule has 0 aromatic carbocycles. The molecule has 6 heavy (non-hydrogen) atoms. The third-order valence-electron chi connectivity index (χ3n) is 0.432. The molecule has 0 aromatic heterocycles. The molecule has 0 aliphatic carbocycles. The van der Waals surface area contributed by atoms with Crippen LogP contribution in [0.25, 0.3) is 0 Å². The summed E-state index contributed by atoms with van der Waals surface area (Å²) in [5.41, 5.74) is 0. The maximum Gasteiger partial charge on any atom is 0.183 e. The molecule has 0 bridgehead atoms. The van der Waals surface area contributed by atoms with Gasteiger partial charge in [0.15, 0.2) is 6.19 Å². The van der Waals surface area contributed by atoms with Gasteiger partial charge in [-0.05, 0) is 0 Å². The van der Waals surface area contributed by atoms with Crippen LogP contribution in [0.1, 0.15) is 0 Å². The number of nitriles is 1. The van der Waals surface area contributed by atoms with Gasteiger partial charge in [0.1, 0.15) is 0 Å². The summed E-state index contributed by atoms with van der Waals surface area (Å²) in [6.45, 7) is 3.33. The molecule has 0 aliphatic heterocycles. The summed E-state index contributed by atoms with van der Waals surface area (Å²) >= 11 is 0. The average Bonchev–Trinajstić information content (AvgIpc) is 1.65. The monoisotopic (exact) mass is 82.1 g/mol. The molecule has 0 aromatic rings. The smallest absolute Gasteiger partial charge is 0.183 e. The Balaban J connectivity index is 3.30. The van der Waals surface area contributed by atoms with Crippen molar-refractivity contribution in [2.75, 3.05) is 7.05 Å². The predicted octanol–water partition coefficient (Wildman–Crippen LogP) is 0.543. The molecule has 0 N–H and O–H groups in total. The predicted molar refractivity (Wildman–Crippen MR) is 23.6 cm³/mol. The molecule has 0 amide bonds. The molecule has 2 heteroatoms. The van der Waals surface area contributed by atoms with Gasteiger partial charge in [-0.3, -0.25) is 4.90 Å². The van der Waals surface area contributed by atoms with E-state index in [-0.39, 0.29) is 0 Å². The Labute approximate surface area is 37.3 Å². The fourth-order valence-electron chi connectivity index (χ4n) is 0.0408. The highest BCUT2D eigenvalue weighted by atomic mass is 15.1. The SMILES string of the molecule is C=CN(C)C#N. The largest absolute Gasteiger partial charge is 0.290 e. The van der Waals surface area contributed by atoms with Crippen LogP contribution in [-0.4, -0.2) is 11.9 Å². The summed E-state index contributed by atoms with van der Waals surface area (Å²) in [6.07, 6.45) is 3.27. The zero-order valence-electron chi connectivity index (χ0n) is 3.68. The minimum Gasteiger partial charge on any atom is -0.290 e. The fraction of sp³-hybridized carbons (Fsp3) is 0.250. The first-order valence-corrected chi connectivity index (χ1v) is 1.56. The third kappa shape index (κ3) is 1.36. The van der Waals surface area contributed by atoms with Crippen molar-refractivity contribution in [3.8, 4) is 6.19 Å². The van der Waals surface area contributed by atoms with Gasteiger partial charge in [-0.2, -0.15) is 5.26 Å². The summed E-state index contributed by atoms with van der Waals surface area (Å²) in [5.74, 6) is 0. The summed E-state index contributed by atoms with van der Waals surface area (Å²) in [5, 5.41) is 7.94. The molecular formula is C4H6N2. The second-order valence-electron chi connectivity index (χ2n) is 0.893. The summed E-state index contributed by atoms with van der Waals surface area (Å²) in [7, 11) is 1.63. The van der Waals surface area contributed by atoms with Gasteiger partial charge in [0.2, 0.25) is 0 Å². The maximum atomic E-state index is 7.94. The van der Waals surface area contributed by atoms with Crippen LogP contribution in [-0.2, 0) is 0 Å². The van der Waals surface area contributed by atoms with Crippen LogP contribution in [0.3, 0.4) is 0 Å². The Morgan fingerprint density at radius 2 is 2.50 bits per heavy atom. The molecule has 0 heterocycles. The van der Waals surface area contributed by atoms with Gasteiger partial charge in [-0.25, -0.2) is 0 Å². The van der Waals surface area contributed by atoms with Crippen LogP contribution < -0.4 is 0 Å². The van der Waals surface area contributed by atoms with Crippen LogP contribution in [0.5, 0.6) is 0 Å². The summed E-state index contributed by atoms with van der Waals surface area (Å²) in [6, 6.07) is 0. The Bertz CT molecular complexity index is 80.0. The van der Waals surface area contributed by atoms with Gasteiger partial charge in [0, 0.05) is 13.2 Å². The molecule has 0 atom stereocenters. The van der Waals surface area contributed by atoms with Crippen molar-refractivity contribution < 1.29 is 0 Å². The topological polar surface area (TPSA) is 27.0 Å². The molecule has 0 saturated heterocycles. The van der Waals surface area contributed by atoms with Crippen molar-refractivity contribution in [1.82, 2.24) is 4.90 Å². The van der Waals surface area contributed by atoms with Crippen LogP contribution >= 0.6 is 0 Å². The van der Waals surface area contributed by atoms with Crippen molar-refractivity contribution in [2.45, 2.75) is 0 Å². The lowest BCUT2D eigenvalue weighted by Gasteiger charge is -1.93. The minimum atomic E-state index is 1.32. The zero-order chi connectivity index (χ0) is 4.99. The number of rotatable bonds is 1. The molecule has 32 valence electrons. The molecule has 0 radical (unpaired) electrons. The minimum absolute atomic E-state index is 1.32. The summed E-state index contributed by atoms with van der Waals surface area (Å²) in [4.78, 5) is 1.32. The Morgan fingerprint density at radius 1 is 2.00 bits per heavy atom. The van der Waals surface area contributed by atoms with Crippen LogP contribution in [0, 0.1) is 11.5 Å². The van der Waals surface area contributed by atoms with Crippen molar-refractivity contribution in [1.29, 1.82) is 5.26 Å². The van der Waals surface area contributed by atoms with E-state index < -0.39 is 0 Å². The highest BCUT2D eigenvalue weighted by Gasteiger charge is 1.73. The molecule has 0 fully saturated rings. The average molecular weight is 82.1 g/mol. The first-order valence-electron chi connectivity index (χ1n) is 1.56. The number of hydrogen-bond donors (Lipinski definition) is 0. The molecule has 2 nitrogen and oxygen atoms in total. The quantitative estimate of drug-likeness (QED) is 0.341. The zero-order valence-corrected chi connectivity index (χ0v) is 3.68. The number of nitrogens with zero attached hydrogens (tertiary/aromatic N) is 2. The number of hydrogen-bond acceptors (Lipinski definition) is 2. The molecule has 0 rings (SSSR count). The van der Waals surface area contributed by atoms with E-state index in [0.29, 0.717) is 0 Å². The van der Waals surface area contributed by atoms with Gasteiger partial charge >= 0.3 is 0 Å². The van der Waals surface area contributed by atoms with E-state index in [9.17, 15) is 0 Å². The molecular weight excluding hydrogens is 76.1 g/mol. The standard InChI is InChI=1S/C4H6N2/c1-3-6(2)4-5/h3H,1H2,2H3. The molecule has 0 unspecified atom stereocenters. The van der Waals surface area contributed by atoms with E-state index in [1.807, 2.05) is 6.19 Å². The van der Waals surface area contributed by atoms with Crippen LogP contribution in [0.2, 0.25) is 0 Å². The molecule has 0 aliphatic rings. The van der Waals surface area contributed by atoms with Gasteiger partial charge in [-0.1, -0.05) is 6.58 Å². The second kappa shape index (κ2) is 2.28. The van der Waals surface area contributed by atoms with Crippen molar-refractivity contribution in [3.05, 3.63) is 12.8 Å².